The lowest BCUT2D eigenvalue weighted by molar-refractivity contribution is 0.415. The van der Waals surface area contributed by atoms with Gasteiger partial charge >= 0.3 is 0 Å². The molecule has 1 heterocycles. The van der Waals surface area contributed by atoms with E-state index in [-0.39, 0.29) is 0 Å². The first kappa shape index (κ1) is 22.5. The number of fused-ring (bicyclic) bond motifs is 3. The largest absolute Gasteiger partial charge is 0.497 e. The number of anilines is 2. The van der Waals surface area contributed by atoms with Gasteiger partial charge in [0, 0.05) is 27.8 Å². The van der Waals surface area contributed by atoms with Crippen LogP contribution in [0.15, 0.2) is 96.1 Å². The molecular weight excluding hydrogens is 434 g/mol. The summed E-state index contributed by atoms with van der Waals surface area (Å²) in [6.07, 6.45) is 1.91. The van der Waals surface area contributed by atoms with Gasteiger partial charge in [-0.05, 0) is 86.1 Å². The predicted molar refractivity (Wildman–Crippen MR) is 146 cm³/mol. The van der Waals surface area contributed by atoms with Gasteiger partial charge < -0.3 is 14.0 Å². The summed E-state index contributed by atoms with van der Waals surface area (Å²) in [5, 5.41) is 9.30. The Hall–Kier alpha value is -4.25. The highest BCUT2D eigenvalue weighted by atomic mass is 16.5. The van der Waals surface area contributed by atoms with Crippen LogP contribution in [0.2, 0.25) is 0 Å². The van der Waals surface area contributed by atoms with Crippen LogP contribution in [-0.2, 0) is 0 Å². The molecule has 5 heteroatoms. The number of para-hydroxylation sites is 1. The molecule has 0 saturated heterocycles. The molecule has 0 N–H and O–H groups in total. The third-order valence-electron chi connectivity index (χ3n) is 6.21. The summed E-state index contributed by atoms with van der Waals surface area (Å²) in [6.45, 7) is 4.45. The average Bonchev–Trinajstić information content (AvgIpc) is 3.23. The maximum atomic E-state index is 5.33. The smallest absolute Gasteiger partial charge is 0.119 e. The highest BCUT2D eigenvalue weighted by Gasteiger charge is 2.13. The predicted octanol–water partition coefficient (Wildman–Crippen LogP) is 7.56. The Balaban J connectivity index is 1.57. The minimum atomic E-state index is 0.373. The molecule has 1 aromatic heterocycles. The first-order valence-corrected chi connectivity index (χ1v) is 11.7. The molecule has 0 aliphatic rings. The Labute approximate surface area is 205 Å². The van der Waals surface area contributed by atoms with Crippen molar-refractivity contribution >= 4 is 39.4 Å². The standard InChI is InChI=1S/C30H29N3O2/c1-21(2)32-29-8-6-5-7-27(29)28-19-22(9-18-30(28)32)20-31-33(23-10-14-25(34-3)15-11-23)24-12-16-26(35-4)17-13-24/h5-21H,1-4H3. The molecular formula is C30H29N3O2. The van der Waals surface area contributed by atoms with E-state index in [1.807, 2.05) is 59.8 Å². The molecule has 5 aromatic rings. The first-order chi connectivity index (χ1) is 17.1. The van der Waals surface area contributed by atoms with E-state index in [4.69, 9.17) is 14.6 Å². The van der Waals surface area contributed by atoms with Gasteiger partial charge in [0.1, 0.15) is 11.5 Å². The second-order valence-electron chi connectivity index (χ2n) is 8.71. The Bertz CT molecular complexity index is 1440. The summed E-state index contributed by atoms with van der Waals surface area (Å²) < 4.78 is 13.1. The summed E-state index contributed by atoms with van der Waals surface area (Å²) in [5.41, 5.74) is 5.40. The van der Waals surface area contributed by atoms with E-state index >= 15 is 0 Å². The normalized spacial score (nSPS) is 11.6. The molecule has 0 radical (unpaired) electrons. The van der Waals surface area contributed by atoms with Crippen LogP contribution >= 0.6 is 0 Å². The molecule has 0 bridgehead atoms. The highest BCUT2D eigenvalue weighted by Crippen LogP contribution is 2.33. The van der Waals surface area contributed by atoms with E-state index < -0.39 is 0 Å². The quantitative estimate of drug-likeness (QED) is 0.185. The Morgan fingerprint density at radius 3 is 1.86 bits per heavy atom. The molecule has 0 aliphatic heterocycles. The fraction of sp³-hybridized carbons (Fsp3) is 0.167. The monoisotopic (exact) mass is 463 g/mol. The first-order valence-electron chi connectivity index (χ1n) is 11.7. The maximum Gasteiger partial charge on any atom is 0.119 e. The molecule has 176 valence electrons. The van der Waals surface area contributed by atoms with Gasteiger partial charge in [-0.1, -0.05) is 24.3 Å². The van der Waals surface area contributed by atoms with Crippen LogP contribution in [0.4, 0.5) is 11.4 Å². The Morgan fingerprint density at radius 2 is 1.29 bits per heavy atom. The van der Waals surface area contributed by atoms with Gasteiger partial charge in [-0.2, -0.15) is 5.10 Å². The molecule has 0 spiro atoms. The second-order valence-corrected chi connectivity index (χ2v) is 8.71. The van der Waals surface area contributed by atoms with Crippen molar-refractivity contribution in [1.82, 2.24) is 4.57 Å². The molecule has 0 aliphatic carbocycles. The molecule has 5 nitrogen and oxygen atoms in total. The zero-order valence-corrected chi connectivity index (χ0v) is 20.5. The SMILES string of the molecule is COc1ccc(N(N=Cc2ccc3c(c2)c2ccccc2n3C(C)C)c2ccc(OC)cc2)cc1. The minimum absolute atomic E-state index is 0.373. The number of hydrogen-bond donors (Lipinski definition) is 0. The van der Waals surface area contributed by atoms with E-state index in [9.17, 15) is 0 Å². The van der Waals surface area contributed by atoms with Crippen molar-refractivity contribution in [2.75, 3.05) is 19.2 Å². The molecule has 35 heavy (non-hydrogen) atoms. The molecule has 5 rings (SSSR count). The number of methoxy groups -OCH3 is 2. The maximum absolute atomic E-state index is 5.33. The van der Waals surface area contributed by atoms with E-state index in [1.165, 1.54) is 21.8 Å². The zero-order valence-electron chi connectivity index (χ0n) is 20.5. The van der Waals surface area contributed by atoms with Crippen LogP contribution < -0.4 is 14.5 Å². The van der Waals surface area contributed by atoms with Gasteiger partial charge in [-0.3, -0.25) is 0 Å². The fourth-order valence-electron chi connectivity index (χ4n) is 4.51. The Morgan fingerprint density at radius 1 is 0.714 bits per heavy atom. The highest BCUT2D eigenvalue weighted by molar-refractivity contribution is 6.09. The number of hydrazone groups is 1. The van der Waals surface area contributed by atoms with Crippen molar-refractivity contribution < 1.29 is 9.47 Å². The van der Waals surface area contributed by atoms with E-state index in [0.29, 0.717) is 6.04 Å². The van der Waals surface area contributed by atoms with Crippen molar-refractivity contribution in [3.8, 4) is 11.5 Å². The number of ether oxygens (including phenoxy) is 2. The molecule has 0 saturated carbocycles. The summed E-state index contributed by atoms with van der Waals surface area (Å²) in [7, 11) is 3.33. The van der Waals surface area contributed by atoms with Gasteiger partial charge in [-0.25, -0.2) is 5.01 Å². The topological polar surface area (TPSA) is 39.0 Å². The van der Waals surface area contributed by atoms with E-state index in [0.717, 1.165) is 28.4 Å². The summed E-state index contributed by atoms with van der Waals surface area (Å²) in [5.74, 6) is 1.61. The van der Waals surface area contributed by atoms with Gasteiger partial charge in [0.05, 0.1) is 31.8 Å². The van der Waals surface area contributed by atoms with Crippen LogP contribution in [-0.4, -0.2) is 25.0 Å². The number of aromatic nitrogens is 1. The summed E-state index contributed by atoms with van der Waals surface area (Å²) in [4.78, 5) is 0. The van der Waals surface area contributed by atoms with Crippen molar-refractivity contribution in [2.24, 2.45) is 5.10 Å². The summed E-state index contributed by atoms with van der Waals surface area (Å²) >= 11 is 0. The lowest BCUT2D eigenvalue weighted by Crippen LogP contribution is -2.09. The van der Waals surface area contributed by atoms with Crippen LogP contribution in [0.25, 0.3) is 21.8 Å². The molecule has 0 amide bonds. The van der Waals surface area contributed by atoms with E-state index in [1.54, 1.807) is 14.2 Å². The zero-order chi connectivity index (χ0) is 24.4. The number of benzene rings is 4. The van der Waals surface area contributed by atoms with Crippen LogP contribution in [0, 0.1) is 0 Å². The molecule has 0 atom stereocenters. The fourth-order valence-corrected chi connectivity index (χ4v) is 4.51. The van der Waals surface area contributed by atoms with Gasteiger partial charge in [0.25, 0.3) is 0 Å². The lowest BCUT2D eigenvalue weighted by atomic mass is 10.1. The van der Waals surface area contributed by atoms with Gasteiger partial charge in [0.2, 0.25) is 0 Å². The van der Waals surface area contributed by atoms with Crippen LogP contribution in [0.1, 0.15) is 25.5 Å². The summed E-state index contributed by atoms with van der Waals surface area (Å²) in [6, 6.07) is 31.3. The van der Waals surface area contributed by atoms with Crippen molar-refractivity contribution in [1.29, 1.82) is 0 Å². The van der Waals surface area contributed by atoms with Crippen LogP contribution in [0.5, 0.6) is 11.5 Å². The van der Waals surface area contributed by atoms with Gasteiger partial charge in [0.15, 0.2) is 0 Å². The van der Waals surface area contributed by atoms with Gasteiger partial charge in [-0.15, -0.1) is 0 Å². The van der Waals surface area contributed by atoms with Crippen molar-refractivity contribution in [2.45, 2.75) is 19.9 Å². The van der Waals surface area contributed by atoms with Crippen molar-refractivity contribution in [3.05, 3.63) is 96.6 Å². The molecule has 0 unspecified atom stereocenters. The van der Waals surface area contributed by atoms with E-state index in [2.05, 4.69) is 60.9 Å². The second kappa shape index (κ2) is 9.55. The number of rotatable bonds is 7. The minimum Gasteiger partial charge on any atom is -0.497 e. The molecule has 4 aromatic carbocycles. The number of nitrogens with zero attached hydrogens (tertiary/aromatic N) is 3. The third kappa shape index (κ3) is 4.33. The molecule has 0 fully saturated rings. The number of hydrogen-bond acceptors (Lipinski definition) is 4. The van der Waals surface area contributed by atoms with Crippen molar-refractivity contribution in [3.63, 3.8) is 0 Å². The Kier molecular flexibility index (Phi) is 6.15. The van der Waals surface area contributed by atoms with Crippen LogP contribution in [0.3, 0.4) is 0 Å². The lowest BCUT2D eigenvalue weighted by Gasteiger charge is -2.20. The average molecular weight is 464 g/mol. The third-order valence-corrected chi connectivity index (χ3v) is 6.21.